The summed E-state index contributed by atoms with van der Waals surface area (Å²) >= 11 is 0. The summed E-state index contributed by atoms with van der Waals surface area (Å²) in [5.74, 6) is -0.414. The van der Waals surface area contributed by atoms with Crippen LogP contribution in [-0.4, -0.2) is 24.0 Å². The predicted octanol–water partition coefficient (Wildman–Crippen LogP) is 3.16. The Morgan fingerprint density at radius 3 is 2.61 bits per heavy atom. The third kappa shape index (κ3) is 3.13. The first-order valence-corrected chi connectivity index (χ1v) is 7.52. The first-order valence-electron chi connectivity index (χ1n) is 7.52. The maximum atomic E-state index is 12.3. The van der Waals surface area contributed by atoms with Gasteiger partial charge in [-0.25, -0.2) is 4.79 Å². The highest BCUT2D eigenvalue weighted by Gasteiger charge is 2.49. The average molecular weight is 314 g/mol. The molecular formula is C19H22O4. The summed E-state index contributed by atoms with van der Waals surface area (Å²) in [7, 11) is 1.31. The molecule has 1 aromatic carbocycles. The van der Waals surface area contributed by atoms with Crippen LogP contribution in [0.15, 0.2) is 48.1 Å². The van der Waals surface area contributed by atoms with Gasteiger partial charge < -0.3 is 9.84 Å². The van der Waals surface area contributed by atoms with E-state index in [2.05, 4.69) is 4.74 Å². The van der Waals surface area contributed by atoms with Crippen molar-refractivity contribution in [2.45, 2.75) is 32.8 Å². The molecule has 4 nitrogen and oxygen atoms in total. The van der Waals surface area contributed by atoms with Gasteiger partial charge in [0, 0.05) is 23.5 Å². The van der Waals surface area contributed by atoms with Crippen LogP contribution in [-0.2, 0) is 15.1 Å². The molecule has 0 radical (unpaired) electrons. The first-order chi connectivity index (χ1) is 10.7. The van der Waals surface area contributed by atoms with E-state index >= 15 is 0 Å². The first kappa shape index (κ1) is 17.2. The summed E-state index contributed by atoms with van der Waals surface area (Å²) < 4.78 is 4.59. The van der Waals surface area contributed by atoms with Crippen molar-refractivity contribution in [2.75, 3.05) is 7.11 Å². The van der Waals surface area contributed by atoms with Gasteiger partial charge in [-0.2, -0.15) is 0 Å². The van der Waals surface area contributed by atoms with Gasteiger partial charge in [-0.1, -0.05) is 44.2 Å². The van der Waals surface area contributed by atoms with Crippen LogP contribution in [0.3, 0.4) is 0 Å². The Balaban J connectivity index is 2.49. The van der Waals surface area contributed by atoms with Crippen LogP contribution < -0.4 is 0 Å². The van der Waals surface area contributed by atoms with E-state index in [0.29, 0.717) is 16.7 Å². The van der Waals surface area contributed by atoms with E-state index in [9.17, 15) is 14.7 Å². The zero-order chi connectivity index (χ0) is 17.3. The number of esters is 1. The van der Waals surface area contributed by atoms with Crippen LogP contribution in [0.2, 0.25) is 0 Å². The van der Waals surface area contributed by atoms with Crippen molar-refractivity contribution in [3.63, 3.8) is 0 Å². The Labute approximate surface area is 136 Å². The number of benzene rings is 1. The molecule has 122 valence electrons. The Hall–Kier alpha value is -2.20. The molecule has 0 heterocycles. The van der Waals surface area contributed by atoms with E-state index in [1.54, 1.807) is 37.3 Å². The number of hydrogen-bond acceptors (Lipinski definition) is 4. The number of hydrogen-bond donors (Lipinski definition) is 1. The Kier molecular flexibility index (Phi) is 4.57. The molecule has 4 heteroatoms. The summed E-state index contributed by atoms with van der Waals surface area (Å²) in [4.78, 5) is 23.6. The number of carbonyl (C=O) groups excluding carboxylic acids is 2. The monoisotopic (exact) mass is 314 g/mol. The fourth-order valence-electron chi connectivity index (χ4n) is 2.91. The van der Waals surface area contributed by atoms with E-state index in [1.807, 2.05) is 19.9 Å². The summed E-state index contributed by atoms with van der Waals surface area (Å²) in [5, 5.41) is 11.3. The lowest BCUT2D eigenvalue weighted by molar-refractivity contribution is -0.134. The SMILES string of the molecule is COC(=O)C=C(C)C=C[C@@]1(O)c2ccccc2C(=O)CC1(C)C. The van der Waals surface area contributed by atoms with E-state index in [4.69, 9.17) is 0 Å². The van der Waals surface area contributed by atoms with Gasteiger partial charge in [-0.15, -0.1) is 0 Å². The molecule has 2 rings (SSSR count). The van der Waals surface area contributed by atoms with Gasteiger partial charge >= 0.3 is 5.97 Å². The lowest BCUT2D eigenvalue weighted by Gasteiger charge is -2.45. The molecule has 23 heavy (non-hydrogen) atoms. The Bertz CT molecular complexity index is 697. The molecule has 0 amide bonds. The number of methoxy groups -OCH3 is 1. The lowest BCUT2D eigenvalue weighted by atomic mass is 9.62. The van der Waals surface area contributed by atoms with E-state index in [0.717, 1.165) is 0 Å². The van der Waals surface area contributed by atoms with Crippen LogP contribution in [0.25, 0.3) is 0 Å². The van der Waals surface area contributed by atoms with Gasteiger partial charge in [0.05, 0.1) is 7.11 Å². The number of allylic oxidation sites excluding steroid dienone is 2. The van der Waals surface area contributed by atoms with Crippen molar-refractivity contribution >= 4 is 11.8 Å². The summed E-state index contributed by atoms with van der Waals surface area (Å²) in [5.41, 5.74) is -0.129. The van der Waals surface area contributed by atoms with Crippen LogP contribution >= 0.6 is 0 Å². The quantitative estimate of drug-likeness (QED) is 0.529. The van der Waals surface area contributed by atoms with Crippen molar-refractivity contribution in [2.24, 2.45) is 5.41 Å². The number of fused-ring (bicyclic) bond motifs is 1. The maximum Gasteiger partial charge on any atom is 0.330 e. The van der Waals surface area contributed by atoms with Gasteiger partial charge in [0.1, 0.15) is 5.60 Å². The number of ketones is 1. The van der Waals surface area contributed by atoms with Gasteiger partial charge in [-0.3, -0.25) is 4.79 Å². The summed E-state index contributed by atoms with van der Waals surface area (Å²) in [6.07, 6.45) is 4.95. The second-order valence-corrected chi connectivity index (χ2v) is 6.54. The minimum Gasteiger partial charge on any atom is -0.466 e. The van der Waals surface area contributed by atoms with Crippen LogP contribution in [0.5, 0.6) is 0 Å². The number of aliphatic hydroxyl groups is 1. The molecule has 1 aromatic rings. The number of ether oxygens (including phenoxy) is 1. The molecule has 1 aliphatic carbocycles. The highest BCUT2D eigenvalue weighted by atomic mass is 16.5. The molecule has 0 unspecified atom stereocenters. The molecule has 0 saturated carbocycles. The van der Waals surface area contributed by atoms with E-state index in [-0.39, 0.29) is 12.2 Å². The molecule has 0 saturated heterocycles. The fourth-order valence-corrected chi connectivity index (χ4v) is 2.91. The Morgan fingerprint density at radius 1 is 1.30 bits per heavy atom. The molecule has 1 atom stereocenters. The fraction of sp³-hybridized carbons (Fsp3) is 0.368. The maximum absolute atomic E-state index is 12.3. The van der Waals surface area contributed by atoms with Crippen molar-refractivity contribution < 1.29 is 19.4 Å². The summed E-state index contributed by atoms with van der Waals surface area (Å²) in [6.45, 7) is 5.48. The minimum atomic E-state index is -1.29. The standard InChI is InChI=1S/C19H22O4/c1-13(11-17(21)23-4)9-10-19(22)15-8-6-5-7-14(15)16(20)12-18(19,2)3/h5-11,22H,12H2,1-4H3/t19-/m1/s1. The molecule has 1 aliphatic rings. The van der Waals surface area contributed by atoms with Crippen molar-refractivity contribution in [3.8, 4) is 0 Å². The topological polar surface area (TPSA) is 63.6 Å². The molecule has 1 N–H and O–H groups in total. The summed E-state index contributed by atoms with van der Waals surface area (Å²) in [6, 6.07) is 7.12. The number of Topliss-reactive ketones (excluding diaryl/α,β-unsaturated/α-hetero) is 1. The molecule has 0 aromatic heterocycles. The van der Waals surface area contributed by atoms with E-state index in [1.165, 1.54) is 13.2 Å². The zero-order valence-electron chi connectivity index (χ0n) is 13.9. The smallest absolute Gasteiger partial charge is 0.330 e. The minimum absolute atomic E-state index is 0.0329. The van der Waals surface area contributed by atoms with Gasteiger partial charge in [0.2, 0.25) is 0 Å². The largest absolute Gasteiger partial charge is 0.466 e. The molecular weight excluding hydrogens is 292 g/mol. The average Bonchev–Trinajstić information content (AvgIpc) is 2.50. The molecule has 0 fully saturated rings. The van der Waals surface area contributed by atoms with Gasteiger partial charge in [0.15, 0.2) is 5.78 Å². The lowest BCUT2D eigenvalue weighted by Crippen LogP contribution is -2.46. The van der Waals surface area contributed by atoms with Crippen molar-refractivity contribution in [3.05, 3.63) is 59.2 Å². The molecule has 0 bridgehead atoms. The predicted molar refractivity (Wildman–Crippen MR) is 88.0 cm³/mol. The van der Waals surface area contributed by atoms with Crippen LogP contribution in [0, 0.1) is 5.41 Å². The number of rotatable bonds is 3. The second-order valence-electron chi connectivity index (χ2n) is 6.54. The van der Waals surface area contributed by atoms with Crippen LogP contribution in [0.4, 0.5) is 0 Å². The molecule has 0 spiro atoms. The highest BCUT2D eigenvalue weighted by Crippen LogP contribution is 2.49. The second kappa shape index (κ2) is 6.13. The van der Waals surface area contributed by atoms with Crippen molar-refractivity contribution in [1.82, 2.24) is 0 Å². The Morgan fingerprint density at radius 2 is 1.96 bits per heavy atom. The third-order valence-corrected chi connectivity index (χ3v) is 4.41. The normalized spacial score (nSPS) is 23.7. The van der Waals surface area contributed by atoms with Crippen molar-refractivity contribution in [1.29, 1.82) is 0 Å². The van der Waals surface area contributed by atoms with Gasteiger partial charge in [-0.05, 0) is 24.1 Å². The number of carbonyl (C=O) groups is 2. The van der Waals surface area contributed by atoms with Crippen LogP contribution in [0.1, 0.15) is 43.1 Å². The van der Waals surface area contributed by atoms with Gasteiger partial charge in [0.25, 0.3) is 0 Å². The molecule has 0 aliphatic heterocycles. The zero-order valence-corrected chi connectivity index (χ0v) is 13.9. The highest BCUT2D eigenvalue weighted by molar-refractivity contribution is 5.99. The third-order valence-electron chi connectivity index (χ3n) is 4.41. The van der Waals surface area contributed by atoms with E-state index < -0.39 is 17.0 Å².